The van der Waals surface area contributed by atoms with Gasteiger partial charge in [0.05, 0.1) is 0 Å². The number of benzene rings is 3. The Morgan fingerprint density at radius 1 is 0.828 bits per heavy atom. The van der Waals surface area contributed by atoms with Gasteiger partial charge in [-0.2, -0.15) is 13.2 Å². The molecule has 1 aromatic heterocycles. The summed E-state index contributed by atoms with van der Waals surface area (Å²) >= 11 is 7.12. The van der Waals surface area contributed by atoms with Gasteiger partial charge in [0.1, 0.15) is 5.75 Å². The molecule has 0 N–H and O–H groups in total. The number of aryl methyl sites for hydroxylation is 2. The van der Waals surface area contributed by atoms with Crippen molar-refractivity contribution in [3.8, 4) is 10.6 Å². The molecule has 0 spiro atoms. The Morgan fingerprint density at radius 2 is 1.31 bits per heavy atom. The standard InChI is InChI=1S/C22H16Br2F3OS/c1-12-7-16(8-13(2)21(12)28-11-22(25,26)27)29-19-5-3-14(23)9-17(19)18-10-15(24)4-6-20(18)29/h3-10H,11H2,1-2H3/q+1. The van der Waals surface area contributed by atoms with Crippen molar-refractivity contribution in [3.05, 3.63) is 68.6 Å². The van der Waals surface area contributed by atoms with Crippen molar-refractivity contribution in [2.45, 2.75) is 20.0 Å². The third-order valence-corrected chi connectivity index (χ3v) is 7.95. The second-order valence-electron chi connectivity index (χ2n) is 6.88. The maximum atomic E-state index is 12.6. The number of thiophene rings is 1. The lowest BCUT2D eigenvalue weighted by molar-refractivity contribution is -0.153. The summed E-state index contributed by atoms with van der Waals surface area (Å²) in [6.07, 6.45) is -4.36. The fraction of sp³-hybridized carbons (Fsp3) is 0.182. The maximum absolute atomic E-state index is 12.6. The fourth-order valence-electron chi connectivity index (χ4n) is 3.56. The van der Waals surface area contributed by atoms with Crippen LogP contribution >= 0.6 is 42.3 Å². The summed E-state index contributed by atoms with van der Waals surface area (Å²) in [7, 11) is -0.326. The van der Waals surface area contributed by atoms with Crippen LogP contribution in [0.4, 0.5) is 13.2 Å². The van der Waals surface area contributed by atoms with Crippen LogP contribution in [0.25, 0.3) is 25.1 Å². The number of ether oxygens (including phenoxy) is 1. The number of fused-ring (bicyclic) bond motifs is 3. The Balaban J connectivity index is 1.92. The second kappa shape index (κ2) is 7.60. The van der Waals surface area contributed by atoms with Gasteiger partial charge < -0.3 is 4.74 Å². The fourth-order valence-corrected chi connectivity index (χ4v) is 6.81. The summed E-state index contributed by atoms with van der Waals surface area (Å²) in [5, 5.41) is 2.35. The van der Waals surface area contributed by atoms with E-state index in [-0.39, 0.29) is 10.5 Å². The molecule has 0 bridgehead atoms. The minimum absolute atomic E-state index is 0.306. The zero-order valence-electron chi connectivity index (χ0n) is 15.5. The van der Waals surface area contributed by atoms with Gasteiger partial charge in [-0.1, -0.05) is 31.9 Å². The Hall–Kier alpha value is -1.57. The summed E-state index contributed by atoms with van der Waals surface area (Å²) < 4.78 is 47.3. The highest BCUT2D eigenvalue weighted by Gasteiger charge is 2.30. The molecule has 0 amide bonds. The molecular formula is C22H16Br2F3OS+. The summed E-state index contributed by atoms with van der Waals surface area (Å²) in [6.45, 7) is 2.31. The van der Waals surface area contributed by atoms with Crippen molar-refractivity contribution >= 4 is 62.5 Å². The van der Waals surface area contributed by atoms with E-state index >= 15 is 0 Å². The molecule has 29 heavy (non-hydrogen) atoms. The zero-order chi connectivity index (χ0) is 20.9. The Bertz CT molecular complexity index is 1160. The molecule has 0 unspecified atom stereocenters. The minimum Gasteiger partial charge on any atom is -0.484 e. The average Bonchev–Trinajstić information content (AvgIpc) is 2.93. The van der Waals surface area contributed by atoms with E-state index in [1.54, 1.807) is 13.8 Å². The Labute approximate surface area is 185 Å². The van der Waals surface area contributed by atoms with Crippen LogP contribution in [0.2, 0.25) is 0 Å². The predicted octanol–water partition coefficient (Wildman–Crippen LogP) is 8.81. The van der Waals surface area contributed by atoms with Crippen LogP contribution < -0.4 is 4.74 Å². The lowest BCUT2D eigenvalue weighted by atomic mass is 10.1. The van der Waals surface area contributed by atoms with E-state index in [1.165, 1.54) is 20.2 Å². The van der Waals surface area contributed by atoms with E-state index in [0.29, 0.717) is 16.9 Å². The first-order chi connectivity index (χ1) is 13.6. The molecule has 3 aromatic carbocycles. The molecule has 0 aliphatic rings. The van der Waals surface area contributed by atoms with Gasteiger partial charge in [-0.15, -0.1) is 0 Å². The van der Waals surface area contributed by atoms with Crippen molar-refractivity contribution in [3.63, 3.8) is 0 Å². The largest absolute Gasteiger partial charge is 0.484 e. The van der Waals surface area contributed by atoms with Gasteiger partial charge >= 0.3 is 6.18 Å². The zero-order valence-corrected chi connectivity index (χ0v) is 19.5. The van der Waals surface area contributed by atoms with Gasteiger partial charge in [0, 0.05) is 54.5 Å². The first-order valence-corrected chi connectivity index (χ1v) is 11.6. The van der Waals surface area contributed by atoms with E-state index < -0.39 is 12.8 Å². The summed E-state index contributed by atoms with van der Waals surface area (Å²) in [5.74, 6) is 0.306. The number of halogens is 5. The van der Waals surface area contributed by atoms with Gasteiger partial charge in [0.15, 0.2) is 20.9 Å². The van der Waals surface area contributed by atoms with Gasteiger partial charge in [-0.05, 0) is 49.2 Å². The quantitative estimate of drug-likeness (QED) is 0.234. The summed E-state index contributed by atoms with van der Waals surface area (Å²) in [6, 6.07) is 16.4. The molecule has 0 radical (unpaired) electrons. The van der Waals surface area contributed by atoms with Crippen LogP contribution in [-0.4, -0.2) is 12.8 Å². The van der Waals surface area contributed by atoms with E-state index in [4.69, 9.17) is 4.74 Å². The smallest absolute Gasteiger partial charge is 0.422 e. The normalized spacial score (nSPS) is 12.1. The first-order valence-electron chi connectivity index (χ1n) is 8.78. The first kappa shape index (κ1) is 20.7. The summed E-state index contributed by atoms with van der Waals surface area (Å²) in [4.78, 5) is 1.07. The molecule has 1 nitrogen and oxygen atoms in total. The topological polar surface area (TPSA) is 9.23 Å². The SMILES string of the molecule is Cc1cc(-[s+]2c3ccc(Br)cc3c3cc(Br)ccc32)cc(C)c1OCC(F)(F)F. The predicted molar refractivity (Wildman–Crippen MR) is 122 cm³/mol. The average molecular weight is 545 g/mol. The van der Waals surface area contributed by atoms with Crippen LogP contribution in [0.5, 0.6) is 5.75 Å². The Morgan fingerprint density at radius 3 is 1.76 bits per heavy atom. The maximum Gasteiger partial charge on any atom is 0.422 e. The van der Waals surface area contributed by atoms with Crippen LogP contribution in [0.15, 0.2) is 57.5 Å². The van der Waals surface area contributed by atoms with Crippen LogP contribution in [0.1, 0.15) is 11.1 Å². The molecule has 7 heteroatoms. The number of hydrogen-bond donors (Lipinski definition) is 0. The lowest BCUT2D eigenvalue weighted by Gasteiger charge is -2.13. The molecule has 0 atom stereocenters. The molecular weight excluding hydrogens is 529 g/mol. The van der Waals surface area contributed by atoms with Gasteiger partial charge in [0.25, 0.3) is 0 Å². The Kier molecular flexibility index (Phi) is 5.42. The van der Waals surface area contributed by atoms with Crippen LogP contribution in [-0.2, 0) is 0 Å². The van der Waals surface area contributed by atoms with Gasteiger partial charge in [0.2, 0.25) is 0 Å². The minimum atomic E-state index is -4.36. The number of rotatable bonds is 3. The van der Waals surface area contributed by atoms with Crippen LogP contribution in [0, 0.1) is 13.8 Å². The van der Waals surface area contributed by atoms with E-state index in [0.717, 1.165) is 13.8 Å². The van der Waals surface area contributed by atoms with Crippen molar-refractivity contribution < 1.29 is 17.9 Å². The highest BCUT2D eigenvalue weighted by Crippen LogP contribution is 2.50. The highest BCUT2D eigenvalue weighted by molar-refractivity contribution is 9.10. The number of hydrogen-bond acceptors (Lipinski definition) is 1. The second-order valence-corrected chi connectivity index (χ2v) is 10.7. The van der Waals surface area contributed by atoms with Gasteiger partial charge in [-0.3, -0.25) is 0 Å². The lowest BCUT2D eigenvalue weighted by Crippen LogP contribution is -2.20. The van der Waals surface area contributed by atoms with Gasteiger partial charge in [-0.25, -0.2) is 0 Å². The van der Waals surface area contributed by atoms with Crippen molar-refractivity contribution in [2.75, 3.05) is 6.61 Å². The molecule has 150 valence electrons. The van der Waals surface area contributed by atoms with Crippen molar-refractivity contribution in [2.24, 2.45) is 0 Å². The van der Waals surface area contributed by atoms with Crippen molar-refractivity contribution in [1.82, 2.24) is 0 Å². The molecule has 0 saturated carbocycles. The number of alkyl halides is 3. The monoisotopic (exact) mass is 543 g/mol. The molecule has 0 aliphatic carbocycles. The summed E-state index contributed by atoms with van der Waals surface area (Å²) in [5.41, 5.74) is 1.42. The molecule has 0 fully saturated rings. The molecule has 4 aromatic rings. The van der Waals surface area contributed by atoms with Crippen LogP contribution in [0.3, 0.4) is 0 Å². The van der Waals surface area contributed by atoms with E-state index in [1.807, 2.05) is 24.3 Å². The molecule has 4 rings (SSSR count). The highest BCUT2D eigenvalue weighted by atomic mass is 79.9. The third-order valence-electron chi connectivity index (χ3n) is 4.66. The molecule has 0 aliphatic heterocycles. The van der Waals surface area contributed by atoms with Crippen molar-refractivity contribution in [1.29, 1.82) is 0 Å². The molecule has 0 saturated heterocycles. The van der Waals surface area contributed by atoms with E-state index in [9.17, 15) is 13.2 Å². The van der Waals surface area contributed by atoms with E-state index in [2.05, 4.69) is 56.1 Å². The third kappa shape index (κ3) is 4.05. The molecule has 1 heterocycles.